The van der Waals surface area contributed by atoms with E-state index in [1.807, 2.05) is 0 Å². The lowest BCUT2D eigenvalue weighted by Crippen LogP contribution is -2.45. The fourth-order valence-corrected chi connectivity index (χ4v) is 5.41. The summed E-state index contributed by atoms with van der Waals surface area (Å²) in [7, 11) is 2.17. The van der Waals surface area contributed by atoms with Crippen LogP contribution < -0.4 is 0 Å². The van der Waals surface area contributed by atoms with Crippen LogP contribution in [0.5, 0.6) is 0 Å². The standard InChI is InChI=1S/C19H24N2OS/c1-13-12-17-18(20-13)19(22,14-8-10-21(2)11-9-14)15-6-4-3-5-7-16(15)23-17/h3-5,7,12,14,20,22H,6,8-11H2,1-2H3. The van der Waals surface area contributed by atoms with Gasteiger partial charge in [-0.3, -0.25) is 0 Å². The maximum absolute atomic E-state index is 12.0. The monoisotopic (exact) mass is 328 g/mol. The summed E-state index contributed by atoms with van der Waals surface area (Å²) in [6.07, 6.45) is 11.4. The summed E-state index contributed by atoms with van der Waals surface area (Å²) in [5, 5.41) is 12.0. The van der Waals surface area contributed by atoms with Gasteiger partial charge in [0.05, 0.1) is 5.69 Å². The number of H-pyrrole nitrogens is 1. The maximum Gasteiger partial charge on any atom is 0.131 e. The first-order valence-electron chi connectivity index (χ1n) is 8.44. The lowest BCUT2D eigenvalue weighted by atomic mass is 9.72. The summed E-state index contributed by atoms with van der Waals surface area (Å²) in [6.45, 7) is 4.20. The fraction of sp³-hybridized carbons (Fsp3) is 0.474. The second kappa shape index (κ2) is 5.69. The van der Waals surface area contributed by atoms with E-state index in [1.165, 1.54) is 15.4 Å². The number of hydrogen-bond donors (Lipinski definition) is 2. The average Bonchev–Trinajstić information content (AvgIpc) is 2.76. The summed E-state index contributed by atoms with van der Waals surface area (Å²) < 4.78 is 0. The first kappa shape index (κ1) is 15.3. The van der Waals surface area contributed by atoms with E-state index in [9.17, 15) is 5.11 Å². The number of aryl methyl sites for hydroxylation is 1. The van der Waals surface area contributed by atoms with Gasteiger partial charge in [0.25, 0.3) is 0 Å². The molecular formula is C19H24N2OS. The van der Waals surface area contributed by atoms with Gasteiger partial charge in [-0.25, -0.2) is 0 Å². The highest BCUT2D eigenvalue weighted by atomic mass is 32.2. The van der Waals surface area contributed by atoms with Crippen molar-refractivity contribution in [1.29, 1.82) is 0 Å². The third-order valence-corrected chi connectivity index (χ3v) is 6.55. The SMILES string of the molecule is Cc1cc2c([nH]1)C(O)(C1CCN(C)CC1)C1=C(C=CC=CC1)S2. The lowest BCUT2D eigenvalue weighted by Gasteiger charge is -2.44. The minimum Gasteiger partial charge on any atom is -0.379 e. The van der Waals surface area contributed by atoms with Crippen LogP contribution in [0.25, 0.3) is 0 Å². The molecule has 2 N–H and O–H groups in total. The molecule has 23 heavy (non-hydrogen) atoms. The van der Waals surface area contributed by atoms with Gasteiger partial charge in [-0.05, 0) is 70.0 Å². The number of nitrogens with zero attached hydrogens (tertiary/aromatic N) is 1. The Labute approximate surface area is 142 Å². The summed E-state index contributed by atoms with van der Waals surface area (Å²) >= 11 is 1.79. The number of allylic oxidation sites excluding steroid dienone is 4. The molecule has 1 fully saturated rings. The summed E-state index contributed by atoms with van der Waals surface area (Å²) in [4.78, 5) is 8.26. The van der Waals surface area contributed by atoms with Gasteiger partial charge in [-0.1, -0.05) is 30.0 Å². The molecular weight excluding hydrogens is 304 g/mol. The molecule has 3 nitrogen and oxygen atoms in total. The summed E-state index contributed by atoms with van der Waals surface area (Å²) in [5.41, 5.74) is 2.48. The lowest BCUT2D eigenvalue weighted by molar-refractivity contribution is -0.0218. The number of thioether (sulfide) groups is 1. The zero-order valence-corrected chi connectivity index (χ0v) is 14.6. The largest absolute Gasteiger partial charge is 0.379 e. The molecule has 2 aliphatic heterocycles. The zero-order chi connectivity index (χ0) is 16.0. The molecule has 0 aromatic carbocycles. The number of aromatic amines is 1. The van der Waals surface area contributed by atoms with Gasteiger partial charge in [0.1, 0.15) is 5.60 Å². The van der Waals surface area contributed by atoms with Crippen LogP contribution in [-0.4, -0.2) is 35.1 Å². The predicted molar refractivity (Wildman–Crippen MR) is 95.4 cm³/mol. The highest BCUT2D eigenvalue weighted by molar-refractivity contribution is 8.03. The van der Waals surface area contributed by atoms with E-state index in [4.69, 9.17) is 0 Å². The molecule has 122 valence electrons. The third-order valence-electron chi connectivity index (χ3n) is 5.40. The van der Waals surface area contributed by atoms with Gasteiger partial charge in [0.15, 0.2) is 0 Å². The molecule has 0 spiro atoms. The molecule has 1 atom stereocenters. The van der Waals surface area contributed by atoms with Crippen molar-refractivity contribution in [2.75, 3.05) is 20.1 Å². The molecule has 0 radical (unpaired) electrons. The van der Waals surface area contributed by atoms with Gasteiger partial charge in [-0.2, -0.15) is 0 Å². The van der Waals surface area contributed by atoms with Crippen LogP contribution in [0.1, 0.15) is 30.7 Å². The first-order valence-corrected chi connectivity index (χ1v) is 9.26. The van der Waals surface area contributed by atoms with Crippen LogP contribution in [0.4, 0.5) is 0 Å². The molecule has 1 aromatic rings. The van der Waals surface area contributed by atoms with E-state index in [2.05, 4.69) is 54.2 Å². The maximum atomic E-state index is 12.0. The first-order chi connectivity index (χ1) is 11.1. The van der Waals surface area contributed by atoms with Crippen LogP contribution in [0, 0.1) is 12.8 Å². The number of aliphatic hydroxyl groups is 1. The number of piperidine rings is 1. The zero-order valence-electron chi connectivity index (χ0n) is 13.8. The van der Waals surface area contributed by atoms with E-state index in [1.54, 1.807) is 11.8 Å². The Hall–Kier alpha value is -1.23. The molecule has 0 saturated carbocycles. The second-order valence-electron chi connectivity index (χ2n) is 6.97. The molecule has 0 bridgehead atoms. The molecule has 1 aromatic heterocycles. The minimum atomic E-state index is -0.857. The topological polar surface area (TPSA) is 39.3 Å². The van der Waals surface area contributed by atoms with E-state index < -0.39 is 5.60 Å². The van der Waals surface area contributed by atoms with Gasteiger partial charge < -0.3 is 15.0 Å². The van der Waals surface area contributed by atoms with Crippen LogP contribution in [-0.2, 0) is 5.60 Å². The van der Waals surface area contributed by atoms with E-state index in [-0.39, 0.29) is 5.92 Å². The van der Waals surface area contributed by atoms with Crippen molar-refractivity contribution in [3.63, 3.8) is 0 Å². The van der Waals surface area contributed by atoms with Gasteiger partial charge in [-0.15, -0.1) is 0 Å². The molecule has 4 rings (SSSR count). The smallest absolute Gasteiger partial charge is 0.131 e. The Morgan fingerprint density at radius 3 is 2.87 bits per heavy atom. The molecule has 0 amide bonds. The normalized spacial score (nSPS) is 28.7. The minimum absolute atomic E-state index is 0.279. The van der Waals surface area contributed by atoms with E-state index >= 15 is 0 Å². The molecule has 4 heteroatoms. The van der Waals surface area contributed by atoms with Gasteiger partial charge in [0, 0.05) is 15.5 Å². The van der Waals surface area contributed by atoms with Gasteiger partial charge >= 0.3 is 0 Å². The Morgan fingerprint density at radius 2 is 2.09 bits per heavy atom. The number of rotatable bonds is 1. The van der Waals surface area contributed by atoms with Crippen LogP contribution >= 0.6 is 11.8 Å². The summed E-state index contributed by atoms with van der Waals surface area (Å²) in [5.74, 6) is 0.279. The highest BCUT2D eigenvalue weighted by Gasteiger charge is 2.48. The Balaban J connectivity index is 1.84. The van der Waals surface area contributed by atoms with E-state index in [0.717, 1.165) is 43.7 Å². The molecule has 3 heterocycles. The number of fused-ring (bicyclic) bond motifs is 1. The van der Waals surface area contributed by atoms with Crippen molar-refractivity contribution in [2.45, 2.75) is 36.7 Å². The number of likely N-dealkylation sites (tertiary alicyclic amines) is 1. The Kier molecular flexibility index (Phi) is 3.79. The highest BCUT2D eigenvalue weighted by Crippen LogP contribution is 2.54. The van der Waals surface area contributed by atoms with Crippen molar-refractivity contribution in [3.05, 3.63) is 52.2 Å². The molecule has 1 unspecified atom stereocenters. The molecule has 1 saturated heterocycles. The summed E-state index contributed by atoms with van der Waals surface area (Å²) in [6, 6.07) is 2.18. The van der Waals surface area contributed by atoms with Crippen LogP contribution in [0.15, 0.2) is 45.7 Å². The average molecular weight is 328 g/mol. The fourth-order valence-electron chi connectivity index (χ4n) is 4.12. The number of hydrogen-bond acceptors (Lipinski definition) is 3. The Bertz CT molecular complexity index is 707. The van der Waals surface area contributed by atoms with Crippen molar-refractivity contribution in [1.82, 2.24) is 9.88 Å². The number of aromatic nitrogens is 1. The van der Waals surface area contributed by atoms with Crippen molar-refractivity contribution >= 4 is 11.8 Å². The van der Waals surface area contributed by atoms with Gasteiger partial charge in [0.2, 0.25) is 0 Å². The molecule has 3 aliphatic rings. The quantitative estimate of drug-likeness (QED) is 0.825. The Morgan fingerprint density at radius 1 is 1.30 bits per heavy atom. The van der Waals surface area contributed by atoms with Crippen LogP contribution in [0.3, 0.4) is 0 Å². The van der Waals surface area contributed by atoms with Crippen molar-refractivity contribution < 1.29 is 5.11 Å². The van der Waals surface area contributed by atoms with E-state index in [0.29, 0.717) is 0 Å². The van der Waals surface area contributed by atoms with Crippen LogP contribution in [0.2, 0.25) is 0 Å². The van der Waals surface area contributed by atoms with Crippen molar-refractivity contribution in [3.8, 4) is 0 Å². The number of nitrogens with one attached hydrogen (secondary N) is 1. The van der Waals surface area contributed by atoms with Crippen molar-refractivity contribution in [2.24, 2.45) is 5.92 Å². The second-order valence-corrected chi connectivity index (χ2v) is 8.06. The predicted octanol–water partition coefficient (Wildman–Crippen LogP) is 3.73. The third kappa shape index (κ3) is 2.44. The molecule has 1 aliphatic carbocycles.